The molecule has 0 atom stereocenters. The molecule has 28 heavy (non-hydrogen) atoms. The number of carbonyl (C=O) groups is 1. The van der Waals surface area contributed by atoms with Crippen LogP contribution in [-0.4, -0.2) is 20.6 Å². The molecule has 1 heterocycles. The van der Waals surface area contributed by atoms with Crippen molar-refractivity contribution in [2.24, 2.45) is 0 Å². The van der Waals surface area contributed by atoms with Crippen LogP contribution in [0.15, 0.2) is 59.3 Å². The van der Waals surface area contributed by atoms with Crippen molar-refractivity contribution in [2.45, 2.75) is 13.0 Å². The molecule has 0 fully saturated rings. The highest BCUT2D eigenvalue weighted by Gasteiger charge is 2.13. The number of nitrogens with one attached hydrogen (secondary N) is 1. The van der Waals surface area contributed by atoms with Crippen LogP contribution in [0.5, 0.6) is 11.5 Å². The van der Waals surface area contributed by atoms with E-state index in [2.05, 4.69) is 26.3 Å². The molecule has 0 radical (unpaired) electrons. The largest absolute Gasteiger partial charge is 0.457 e. The normalized spacial score (nSPS) is 10.5. The molecule has 2 aromatic carbocycles. The Bertz CT molecular complexity index is 1010. The van der Waals surface area contributed by atoms with Gasteiger partial charge in [0.25, 0.3) is 5.69 Å². The van der Waals surface area contributed by atoms with Gasteiger partial charge in [-0.2, -0.15) is 5.10 Å². The first-order valence-electron chi connectivity index (χ1n) is 8.10. The lowest BCUT2D eigenvalue weighted by Crippen LogP contribution is -2.14. The number of carbonyl (C=O) groups excluding carboxylic acids is 1. The van der Waals surface area contributed by atoms with E-state index < -0.39 is 4.92 Å². The number of nitrogens with zero attached hydrogens (tertiary/aromatic N) is 3. The van der Waals surface area contributed by atoms with Gasteiger partial charge in [0.2, 0.25) is 5.91 Å². The zero-order valence-corrected chi connectivity index (χ0v) is 16.7. The lowest BCUT2D eigenvalue weighted by atomic mass is 10.2. The molecular formula is C18H14BrClN4O4. The van der Waals surface area contributed by atoms with Crippen LogP contribution in [0.1, 0.15) is 6.42 Å². The fraction of sp³-hybridized carbons (Fsp3) is 0.111. The lowest BCUT2D eigenvalue weighted by molar-refractivity contribution is -0.384. The van der Waals surface area contributed by atoms with Gasteiger partial charge in [0.1, 0.15) is 11.5 Å². The highest BCUT2D eigenvalue weighted by Crippen LogP contribution is 2.30. The van der Waals surface area contributed by atoms with Crippen LogP contribution >= 0.6 is 27.5 Å². The van der Waals surface area contributed by atoms with Crippen LogP contribution in [0, 0.1) is 10.1 Å². The summed E-state index contributed by atoms with van der Waals surface area (Å²) in [5.41, 5.74) is 0.0718. The molecule has 0 bridgehead atoms. The van der Waals surface area contributed by atoms with Crippen LogP contribution in [0.3, 0.4) is 0 Å². The molecule has 1 aromatic heterocycles. The molecule has 0 aliphatic heterocycles. The summed E-state index contributed by atoms with van der Waals surface area (Å²) < 4.78 is 8.08. The number of rotatable bonds is 7. The summed E-state index contributed by atoms with van der Waals surface area (Å²) in [5.74, 6) is 0.388. The van der Waals surface area contributed by atoms with Crippen LogP contribution in [0.4, 0.5) is 11.4 Å². The van der Waals surface area contributed by atoms with Gasteiger partial charge >= 0.3 is 0 Å². The molecule has 0 aliphatic rings. The summed E-state index contributed by atoms with van der Waals surface area (Å²) in [4.78, 5) is 22.8. The summed E-state index contributed by atoms with van der Waals surface area (Å²) in [7, 11) is 0. The number of ether oxygens (including phenoxy) is 1. The molecule has 1 N–H and O–H groups in total. The molecular weight excluding hydrogens is 452 g/mol. The summed E-state index contributed by atoms with van der Waals surface area (Å²) in [6.07, 6.45) is 3.53. The van der Waals surface area contributed by atoms with Gasteiger partial charge in [-0.15, -0.1) is 0 Å². The van der Waals surface area contributed by atoms with Crippen molar-refractivity contribution >= 4 is 44.8 Å². The lowest BCUT2D eigenvalue weighted by Gasteiger charge is -2.10. The van der Waals surface area contributed by atoms with E-state index in [0.29, 0.717) is 17.3 Å². The first kappa shape index (κ1) is 19.8. The van der Waals surface area contributed by atoms with E-state index in [1.54, 1.807) is 41.3 Å². The van der Waals surface area contributed by atoms with E-state index in [9.17, 15) is 14.9 Å². The fourth-order valence-corrected chi connectivity index (χ4v) is 2.81. The molecule has 144 valence electrons. The van der Waals surface area contributed by atoms with Crippen LogP contribution in [0.2, 0.25) is 5.02 Å². The number of non-ortho nitro benzene ring substituents is 1. The number of halogens is 2. The Labute approximate surface area is 173 Å². The smallest absolute Gasteiger partial charge is 0.275 e. The predicted molar refractivity (Wildman–Crippen MR) is 108 cm³/mol. The van der Waals surface area contributed by atoms with E-state index in [4.69, 9.17) is 16.3 Å². The number of hydrogen-bond acceptors (Lipinski definition) is 5. The Morgan fingerprint density at radius 2 is 2.00 bits per heavy atom. The Balaban J connectivity index is 1.72. The van der Waals surface area contributed by atoms with Crippen LogP contribution in [-0.2, 0) is 11.3 Å². The van der Waals surface area contributed by atoms with Crippen molar-refractivity contribution in [3.8, 4) is 11.5 Å². The number of benzene rings is 2. The van der Waals surface area contributed by atoms with E-state index in [1.807, 2.05) is 0 Å². The fourth-order valence-electron chi connectivity index (χ4n) is 2.36. The quantitative estimate of drug-likeness (QED) is 0.390. The number of anilines is 1. The van der Waals surface area contributed by atoms with Gasteiger partial charge in [0.15, 0.2) is 0 Å². The summed E-state index contributed by atoms with van der Waals surface area (Å²) in [5, 5.41) is 18.5. The Morgan fingerprint density at radius 1 is 1.25 bits per heavy atom. The molecule has 8 nitrogen and oxygen atoms in total. The standard InChI is InChI=1S/C18H14BrClN4O4/c19-12-10-21-23(11-12)6-5-18(25)22-14-7-15(24(26)27)9-17(8-14)28-16-3-1-13(20)2-4-16/h1-4,7-11H,5-6H2,(H,22,25). The van der Waals surface area contributed by atoms with Gasteiger partial charge in [-0.25, -0.2) is 0 Å². The minimum absolute atomic E-state index is 0.157. The first-order valence-corrected chi connectivity index (χ1v) is 9.27. The Hall–Kier alpha value is -2.91. The van der Waals surface area contributed by atoms with Gasteiger partial charge < -0.3 is 10.1 Å². The molecule has 3 rings (SSSR count). The number of nitro benzene ring substituents is 1. The first-order chi connectivity index (χ1) is 13.4. The molecule has 1 amide bonds. The summed E-state index contributed by atoms with van der Waals surface area (Å²) in [6.45, 7) is 0.375. The maximum absolute atomic E-state index is 12.2. The number of aromatic nitrogens is 2. The number of amides is 1. The second-order valence-corrected chi connectivity index (χ2v) is 7.10. The van der Waals surface area contributed by atoms with Crippen molar-refractivity contribution in [3.05, 3.63) is 74.5 Å². The van der Waals surface area contributed by atoms with Crippen molar-refractivity contribution in [3.63, 3.8) is 0 Å². The van der Waals surface area contributed by atoms with E-state index in [-0.39, 0.29) is 29.5 Å². The number of aryl methyl sites for hydroxylation is 1. The summed E-state index contributed by atoms with van der Waals surface area (Å²) in [6, 6.07) is 10.6. The third-order valence-corrected chi connectivity index (χ3v) is 4.27. The topological polar surface area (TPSA) is 99.3 Å². The third kappa shape index (κ3) is 5.54. The summed E-state index contributed by atoms with van der Waals surface area (Å²) >= 11 is 9.12. The highest BCUT2D eigenvalue weighted by molar-refractivity contribution is 9.10. The van der Waals surface area contributed by atoms with Crippen molar-refractivity contribution in [1.29, 1.82) is 0 Å². The Morgan fingerprint density at radius 3 is 2.64 bits per heavy atom. The Kier molecular flexibility index (Phi) is 6.27. The maximum atomic E-state index is 12.2. The maximum Gasteiger partial charge on any atom is 0.275 e. The SMILES string of the molecule is O=C(CCn1cc(Br)cn1)Nc1cc(Oc2ccc(Cl)cc2)cc([N+](=O)[O-])c1. The van der Waals surface area contributed by atoms with Gasteiger partial charge in [0, 0.05) is 36.3 Å². The number of nitro groups is 1. The van der Waals surface area contributed by atoms with E-state index in [0.717, 1.165) is 4.47 Å². The average molecular weight is 466 g/mol. The van der Waals surface area contributed by atoms with Gasteiger partial charge in [0.05, 0.1) is 27.3 Å². The molecule has 3 aromatic rings. The van der Waals surface area contributed by atoms with Crippen molar-refractivity contribution in [1.82, 2.24) is 9.78 Å². The van der Waals surface area contributed by atoms with Crippen LogP contribution < -0.4 is 10.1 Å². The molecule has 0 aliphatic carbocycles. The zero-order chi connectivity index (χ0) is 20.1. The van der Waals surface area contributed by atoms with Gasteiger partial charge in [-0.3, -0.25) is 19.6 Å². The van der Waals surface area contributed by atoms with E-state index >= 15 is 0 Å². The second-order valence-electron chi connectivity index (χ2n) is 5.75. The van der Waals surface area contributed by atoms with Crippen molar-refractivity contribution in [2.75, 3.05) is 5.32 Å². The molecule has 0 unspecified atom stereocenters. The molecule has 0 saturated carbocycles. The zero-order valence-electron chi connectivity index (χ0n) is 14.3. The minimum atomic E-state index is -0.550. The average Bonchev–Trinajstić information content (AvgIpc) is 3.07. The molecule has 0 saturated heterocycles. The van der Waals surface area contributed by atoms with Crippen LogP contribution in [0.25, 0.3) is 0 Å². The molecule has 10 heteroatoms. The minimum Gasteiger partial charge on any atom is -0.457 e. The molecule has 0 spiro atoms. The number of hydrogen-bond donors (Lipinski definition) is 1. The monoisotopic (exact) mass is 464 g/mol. The van der Waals surface area contributed by atoms with Gasteiger partial charge in [-0.05, 0) is 40.2 Å². The van der Waals surface area contributed by atoms with Crippen molar-refractivity contribution < 1.29 is 14.5 Å². The van der Waals surface area contributed by atoms with E-state index in [1.165, 1.54) is 18.2 Å². The highest BCUT2D eigenvalue weighted by atomic mass is 79.9. The second kappa shape index (κ2) is 8.85. The van der Waals surface area contributed by atoms with Gasteiger partial charge in [-0.1, -0.05) is 11.6 Å². The predicted octanol–water partition coefficient (Wildman–Crippen LogP) is 5.03. The third-order valence-electron chi connectivity index (χ3n) is 3.60.